The zero-order chi connectivity index (χ0) is 12.3. The molecule has 0 atom stereocenters. The summed E-state index contributed by atoms with van der Waals surface area (Å²) < 4.78 is 1.87. The van der Waals surface area contributed by atoms with Crippen LogP contribution in [0.4, 0.5) is 0 Å². The summed E-state index contributed by atoms with van der Waals surface area (Å²) in [5.41, 5.74) is 3.48. The summed E-state index contributed by atoms with van der Waals surface area (Å²) >= 11 is 6.08. The van der Waals surface area contributed by atoms with Gasteiger partial charge in [-0.15, -0.1) is 0 Å². The number of benzene rings is 1. The molecule has 0 aliphatic heterocycles. The predicted octanol–water partition coefficient (Wildman–Crippen LogP) is 2.67. The van der Waals surface area contributed by atoms with Gasteiger partial charge in [0, 0.05) is 31.4 Å². The maximum Gasteiger partial charge on any atom is 0.0518 e. The van der Waals surface area contributed by atoms with E-state index in [1.807, 2.05) is 36.9 Å². The minimum absolute atomic E-state index is 0.808. The molecular weight excluding hydrogens is 234 g/mol. The van der Waals surface area contributed by atoms with Gasteiger partial charge >= 0.3 is 0 Å². The molecule has 0 aliphatic carbocycles. The Kier molecular flexibility index (Phi) is 3.82. The molecule has 2 rings (SSSR count). The number of nitrogens with one attached hydrogen (secondary N) is 1. The van der Waals surface area contributed by atoms with E-state index in [4.69, 9.17) is 11.6 Å². The number of nitrogens with zero attached hydrogens (tertiary/aromatic N) is 2. The SMILES string of the molecule is Cc1ccc(CNCc2ccnn2C)cc1Cl. The van der Waals surface area contributed by atoms with Crippen LogP contribution < -0.4 is 5.32 Å². The first-order valence-electron chi connectivity index (χ1n) is 5.59. The largest absolute Gasteiger partial charge is 0.307 e. The van der Waals surface area contributed by atoms with Crippen LogP contribution in [0.1, 0.15) is 16.8 Å². The van der Waals surface area contributed by atoms with Crippen LogP contribution >= 0.6 is 11.6 Å². The summed E-state index contributed by atoms with van der Waals surface area (Å²) in [4.78, 5) is 0. The van der Waals surface area contributed by atoms with Gasteiger partial charge in [0.15, 0.2) is 0 Å². The molecule has 0 saturated heterocycles. The Morgan fingerprint density at radius 3 is 2.76 bits per heavy atom. The average Bonchev–Trinajstić information content (AvgIpc) is 2.70. The lowest BCUT2D eigenvalue weighted by molar-refractivity contribution is 0.626. The van der Waals surface area contributed by atoms with Gasteiger partial charge in [-0.1, -0.05) is 23.7 Å². The van der Waals surface area contributed by atoms with E-state index in [1.165, 1.54) is 11.3 Å². The van der Waals surface area contributed by atoms with Gasteiger partial charge in [-0.2, -0.15) is 5.10 Å². The predicted molar refractivity (Wildman–Crippen MR) is 69.9 cm³/mol. The van der Waals surface area contributed by atoms with Crippen molar-refractivity contribution in [2.24, 2.45) is 7.05 Å². The quantitative estimate of drug-likeness (QED) is 0.903. The normalized spacial score (nSPS) is 10.8. The molecule has 4 heteroatoms. The first-order chi connectivity index (χ1) is 8.16. The highest BCUT2D eigenvalue weighted by Gasteiger charge is 2.00. The topological polar surface area (TPSA) is 29.9 Å². The molecular formula is C13H16ClN3. The van der Waals surface area contributed by atoms with Crippen molar-refractivity contribution in [3.05, 3.63) is 52.3 Å². The summed E-state index contributed by atoms with van der Waals surface area (Å²) in [5.74, 6) is 0. The fraction of sp³-hybridized carbons (Fsp3) is 0.308. The van der Waals surface area contributed by atoms with E-state index in [2.05, 4.69) is 16.5 Å². The second-order valence-electron chi connectivity index (χ2n) is 4.13. The standard InChI is InChI=1S/C13H16ClN3/c1-10-3-4-11(7-13(10)14)8-15-9-12-5-6-16-17(12)2/h3-7,15H,8-9H2,1-2H3. The first kappa shape index (κ1) is 12.1. The molecule has 90 valence electrons. The third-order valence-corrected chi connectivity index (χ3v) is 3.20. The van der Waals surface area contributed by atoms with Crippen molar-refractivity contribution in [1.29, 1.82) is 0 Å². The maximum absolute atomic E-state index is 6.08. The number of rotatable bonds is 4. The van der Waals surface area contributed by atoms with Crippen molar-refractivity contribution in [2.45, 2.75) is 20.0 Å². The molecule has 0 radical (unpaired) electrons. The lowest BCUT2D eigenvalue weighted by Crippen LogP contribution is -2.15. The monoisotopic (exact) mass is 249 g/mol. The first-order valence-corrected chi connectivity index (χ1v) is 5.97. The van der Waals surface area contributed by atoms with E-state index in [-0.39, 0.29) is 0 Å². The van der Waals surface area contributed by atoms with Gasteiger partial charge in [0.05, 0.1) is 5.69 Å². The minimum Gasteiger partial charge on any atom is -0.307 e. The Bertz CT molecular complexity index is 505. The summed E-state index contributed by atoms with van der Waals surface area (Å²) in [5, 5.41) is 8.32. The highest BCUT2D eigenvalue weighted by molar-refractivity contribution is 6.31. The second kappa shape index (κ2) is 5.34. The molecule has 17 heavy (non-hydrogen) atoms. The van der Waals surface area contributed by atoms with Gasteiger partial charge in [0.2, 0.25) is 0 Å². The highest BCUT2D eigenvalue weighted by Crippen LogP contribution is 2.16. The van der Waals surface area contributed by atoms with Gasteiger partial charge in [0.1, 0.15) is 0 Å². The summed E-state index contributed by atoms with van der Waals surface area (Å²) in [6, 6.07) is 8.16. The van der Waals surface area contributed by atoms with Crippen LogP contribution in [0.3, 0.4) is 0 Å². The van der Waals surface area contributed by atoms with Crippen LogP contribution in [0.15, 0.2) is 30.5 Å². The van der Waals surface area contributed by atoms with E-state index in [1.54, 1.807) is 6.20 Å². The Labute approximate surface area is 106 Å². The lowest BCUT2D eigenvalue weighted by Gasteiger charge is -2.06. The molecule has 0 saturated carbocycles. The zero-order valence-electron chi connectivity index (χ0n) is 10.1. The molecule has 1 N–H and O–H groups in total. The van der Waals surface area contributed by atoms with Crippen molar-refractivity contribution in [3.8, 4) is 0 Å². The van der Waals surface area contributed by atoms with Gasteiger partial charge in [-0.3, -0.25) is 4.68 Å². The molecule has 0 spiro atoms. The number of aryl methyl sites for hydroxylation is 2. The number of aromatic nitrogens is 2. The van der Waals surface area contributed by atoms with Crippen LogP contribution in [0.2, 0.25) is 5.02 Å². The Morgan fingerprint density at radius 1 is 1.29 bits per heavy atom. The summed E-state index contributed by atoms with van der Waals surface area (Å²) in [7, 11) is 1.94. The van der Waals surface area contributed by atoms with Gasteiger partial charge in [-0.05, 0) is 30.2 Å². The number of halogens is 1. The molecule has 1 heterocycles. The molecule has 3 nitrogen and oxygen atoms in total. The lowest BCUT2D eigenvalue weighted by atomic mass is 10.1. The fourth-order valence-electron chi connectivity index (χ4n) is 1.66. The van der Waals surface area contributed by atoms with Gasteiger partial charge in [-0.25, -0.2) is 0 Å². The molecule has 0 bridgehead atoms. The van der Waals surface area contributed by atoms with E-state index >= 15 is 0 Å². The van der Waals surface area contributed by atoms with Gasteiger partial charge < -0.3 is 5.32 Å². The Balaban J connectivity index is 1.90. The molecule has 1 aromatic carbocycles. The van der Waals surface area contributed by atoms with Crippen molar-refractivity contribution >= 4 is 11.6 Å². The van der Waals surface area contributed by atoms with Crippen LogP contribution in [-0.4, -0.2) is 9.78 Å². The smallest absolute Gasteiger partial charge is 0.0518 e. The highest BCUT2D eigenvalue weighted by atomic mass is 35.5. The van der Waals surface area contributed by atoms with Crippen molar-refractivity contribution < 1.29 is 0 Å². The molecule has 0 aliphatic rings. The van der Waals surface area contributed by atoms with Crippen LogP contribution in [0, 0.1) is 6.92 Å². The maximum atomic E-state index is 6.08. The zero-order valence-corrected chi connectivity index (χ0v) is 10.8. The Hall–Kier alpha value is -1.32. The summed E-state index contributed by atoms with van der Waals surface area (Å²) in [6.07, 6.45) is 1.81. The van der Waals surface area contributed by atoms with Crippen LogP contribution in [-0.2, 0) is 20.1 Å². The molecule has 1 aromatic heterocycles. The molecule has 0 fully saturated rings. The van der Waals surface area contributed by atoms with E-state index in [0.717, 1.165) is 23.7 Å². The third-order valence-electron chi connectivity index (χ3n) is 2.79. The van der Waals surface area contributed by atoms with Crippen LogP contribution in [0.5, 0.6) is 0 Å². The fourth-order valence-corrected chi connectivity index (χ4v) is 1.86. The second-order valence-corrected chi connectivity index (χ2v) is 4.54. The van der Waals surface area contributed by atoms with Crippen molar-refractivity contribution in [3.63, 3.8) is 0 Å². The van der Waals surface area contributed by atoms with E-state index in [9.17, 15) is 0 Å². The number of hydrogen-bond donors (Lipinski definition) is 1. The van der Waals surface area contributed by atoms with Crippen LogP contribution in [0.25, 0.3) is 0 Å². The van der Waals surface area contributed by atoms with E-state index in [0.29, 0.717) is 0 Å². The summed E-state index contributed by atoms with van der Waals surface area (Å²) in [6.45, 7) is 3.63. The molecule has 0 unspecified atom stereocenters. The third kappa shape index (κ3) is 3.08. The van der Waals surface area contributed by atoms with Crippen molar-refractivity contribution in [1.82, 2.24) is 15.1 Å². The minimum atomic E-state index is 0.808. The molecule has 0 amide bonds. The Morgan fingerprint density at radius 2 is 2.12 bits per heavy atom. The number of hydrogen-bond acceptors (Lipinski definition) is 2. The van der Waals surface area contributed by atoms with Crippen molar-refractivity contribution in [2.75, 3.05) is 0 Å². The molecule has 2 aromatic rings. The average molecular weight is 250 g/mol. The van der Waals surface area contributed by atoms with E-state index < -0.39 is 0 Å². The van der Waals surface area contributed by atoms with Gasteiger partial charge in [0.25, 0.3) is 0 Å².